The number of hydrogen-bond acceptors (Lipinski definition) is 5. The molecule has 9 nitrogen and oxygen atoms in total. The number of aromatic nitrogens is 4. The van der Waals surface area contributed by atoms with Crippen LogP contribution >= 0.6 is 23.2 Å². The van der Waals surface area contributed by atoms with E-state index in [0.29, 0.717) is 28.0 Å². The molecule has 0 bridgehead atoms. The van der Waals surface area contributed by atoms with Crippen molar-refractivity contribution in [3.8, 4) is 0 Å². The lowest BCUT2D eigenvalue weighted by atomic mass is 10.2. The van der Waals surface area contributed by atoms with Gasteiger partial charge < -0.3 is 5.32 Å². The largest absolute Gasteiger partial charge is 0.323 e. The van der Waals surface area contributed by atoms with E-state index in [9.17, 15) is 14.9 Å². The third-order valence-electron chi connectivity index (χ3n) is 4.38. The molecular weight excluding hydrogens is 419 g/mol. The molecule has 0 radical (unpaired) electrons. The second-order valence-corrected chi connectivity index (χ2v) is 7.30. The Morgan fingerprint density at radius 2 is 2.07 bits per heavy atom. The molecule has 0 fully saturated rings. The second-order valence-electron chi connectivity index (χ2n) is 6.46. The van der Waals surface area contributed by atoms with Crippen LogP contribution in [0, 0.1) is 24.0 Å². The minimum atomic E-state index is -0.530. The zero-order valence-corrected chi connectivity index (χ0v) is 17.2. The molecule has 29 heavy (non-hydrogen) atoms. The fourth-order valence-electron chi connectivity index (χ4n) is 2.83. The number of carbonyl (C=O) groups is 1. The summed E-state index contributed by atoms with van der Waals surface area (Å²) in [6.07, 6.45) is 2.56. The number of hydrogen-bond donors (Lipinski definition) is 1. The van der Waals surface area contributed by atoms with Gasteiger partial charge in [0.05, 0.1) is 28.5 Å². The number of amides is 1. The number of benzene rings is 1. The molecule has 1 aromatic carbocycles. The number of aryl methyl sites for hydroxylation is 2. The first-order valence-electron chi connectivity index (χ1n) is 8.69. The van der Waals surface area contributed by atoms with Crippen LogP contribution in [0.1, 0.15) is 23.4 Å². The third kappa shape index (κ3) is 4.93. The van der Waals surface area contributed by atoms with E-state index in [2.05, 4.69) is 15.5 Å². The van der Waals surface area contributed by atoms with E-state index in [1.54, 1.807) is 23.7 Å². The summed E-state index contributed by atoms with van der Waals surface area (Å²) in [6.45, 7) is 4.33. The van der Waals surface area contributed by atoms with Crippen molar-refractivity contribution < 1.29 is 9.72 Å². The number of rotatable bonds is 7. The maximum Gasteiger partial charge on any atom is 0.306 e. The zero-order valence-electron chi connectivity index (χ0n) is 15.7. The van der Waals surface area contributed by atoms with Gasteiger partial charge in [-0.25, -0.2) is 0 Å². The van der Waals surface area contributed by atoms with Gasteiger partial charge in [-0.3, -0.25) is 24.3 Å². The van der Waals surface area contributed by atoms with Gasteiger partial charge in [0.2, 0.25) is 5.91 Å². The highest BCUT2D eigenvalue weighted by atomic mass is 35.5. The Labute approximate surface area is 176 Å². The maximum absolute atomic E-state index is 12.3. The average Bonchev–Trinajstić information content (AvgIpc) is 3.23. The van der Waals surface area contributed by atoms with E-state index < -0.39 is 4.92 Å². The lowest BCUT2D eigenvalue weighted by Crippen LogP contribution is -2.16. The van der Waals surface area contributed by atoms with Gasteiger partial charge in [-0.05, 0) is 31.5 Å². The molecule has 1 N–H and O–H groups in total. The first kappa shape index (κ1) is 20.8. The van der Waals surface area contributed by atoms with Crippen LogP contribution in [0.5, 0.6) is 0 Å². The van der Waals surface area contributed by atoms with Crippen LogP contribution in [0.15, 0.2) is 30.6 Å². The number of nitrogens with zero attached hydrogens (tertiary/aromatic N) is 5. The summed E-state index contributed by atoms with van der Waals surface area (Å²) in [7, 11) is 0. The van der Waals surface area contributed by atoms with Gasteiger partial charge in [-0.15, -0.1) is 0 Å². The second kappa shape index (κ2) is 8.62. The van der Waals surface area contributed by atoms with Crippen molar-refractivity contribution in [2.24, 2.45) is 0 Å². The molecule has 0 spiro atoms. The van der Waals surface area contributed by atoms with Gasteiger partial charge in [0.1, 0.15) is 12.4 Å². The lowest BCUT2D eigenvalue weighted by molar-refractivity contribution is -0.385. The van der Waals surface area contributed by atoms with Crippen molar-refractivity contribution in [1.29, 1.82) is 0 Å². The number of carbonyl (C=O) groups excluding carboxylic acids is 1. The molecular formula is C18H18Cl2N6O3. The number of nitro groups is 1. The molecule has 0 aliphatic rings. The van der Waals surface area contributed by atoms with Gasteiger partial charge in [0.25, 0.3) is 0 Å². The number of halogens is 2. The number of nitrogens with one attached hydrogen (secondary N) is 1. The molecule has 3 aromatic rings. The summed E-state index contributed by atoms with van der Waals surface area (Å²) in [5.41, 5.74) is 2.85. The highest BCUT2D eigenvalue weighted by Gasteiger charge is 2.16. The average molecular weight is 437 g/mol. The van der Waals surface area contributed by atoms with Crippen LogP contribution < -0.4 is 5.32 Å². The molecule has 0 unspecified atom stereocenters. The Hall–Kier alpha value is -2.91. The fraction of sp³-hybridized carbons (Fsp3) is 0.278. The predicted molar refractivity (Wildman–Crippen MR) is 109 cm³/mol. The van der Waals surface area contributed by atoms with Gasteiger partial charge in [-0.1, -0.05) is 29.3 Å². The van der Waals surface area contributed by atoms with Crippen LogP contribution in [0.4, 0.5) is 11.4 Å². The van der Waals surface area contributed by atoms with E-state index in [0.717, 1.165) is 17.5 Å². The first-order chi connectivity index (χ1) is 13.7. The molecule has 0 atom stereocenters. The Balaban J connectivity index is 1.66. The highest BCUT2D eigenvalue weighted by molar-refractivity contribution is 6.35. The SMILES string of the molecule is Cc1nn(Cc2ccc(Cl)cc2Cl)c(C)c1NC(=O)CCn1cc([N+](=O)[O-])cn1. The molecule has 3 rings (SSSR count). The molecule has 0 saturated heterocycles. The summed E-state index contributed by atoms with van der Waals surface area (Å²) in [4.78, 5) is 22.5. The lowest BCUT2D eigenvalue weighted by Gasteiger charge is -2.09. The highest BCUT2D eigenvalue weighted by Crippen LogP contribution is 2.25. The summed E-state index contributed by atoms with van der Waals surface area (Å²) in [5.74, 6) is -0.238. The van der Waals surface area contributed by atoms with Crippen molar-refractivity contribution in [2.45, 2.75) is 33.4 Å². The van der Waals surface area contributed by atoms with E-state index in [1.165, 1.54) is 10.9 Å². The van der Waals surface area contributed by atoms with E-state index in [4.69, 9.17) is 23.2 Å². The Bertz CT molecular complexity index is 1080. The first-order valence-corrected chi connectivity index (χ1v) is 9.45. The van der Waals surface area contributed by atoms with Crippen molar-refractivity contribution in [2.75, 3.05) is 5.32 Å². The smallest absolute Gasteiger partial charge is 0.306 e. The topological polar surface area (TPSA) is 108 Å². The zero-order chi connectivity index (χ0) is 21.1. The summed E-state index contributed by atoms with van der Waals surface area (Å²) < 4.78 is 3.13. The molecule has 0 aliphatic heterocycles. The Morgan fingerprint density at radius 1 is 1.31 bits per heavy atom. The monoisotopic (exact) mass is 436 g/mol. The van der Waals surface area contributed by atoms with Crippen molar-refractivity contribution in [3.05, 3.63) is 67.7 Å². The summed E-state index contributed by atoms with van der Waals surface area (Å²) in [5, 5.41) is 23.0. The Kier molecular flexibility index (Phi) is 6.19. The molecule has 1 amide bonds. The number of anilines is 1. The van der Waals surface area contributed by atoms with Gasteiger partial charge in [0.15, 0.2) is 0 Å². The fourth-order valence-corrected chi connectivity index (χ4v) is 3.30. The molecule has 2 aromatic heterocycles. The molecule has 11 heteroatoms. The van der Waals surface area contributed by atoms with Gasteiger partial charge in [-0.2, -0.15) is 10.2 Å². The predicted octanol–water partition coefficient (Wildman–Crippen LogP) is 3.99. The quantitative estimate of drug-likeness (QED) is 0.444. The van der Waals surface area contributed by atoms with E-state index in [-0.39, 0.29) is 24.6 Å². The molecule has 0 saturated carbocycles. The molecule has 152 valence electrons. The maximum atomic E-state index is 12.3. The standard InChI is InChI=1S/C18H18Cl2N6O3/c1-11-18(22-17(27)5-6-24-10-15(8-21-24)26(28)29)12(2)25(23-11)9-13-3-4-14(19)7-16(13)20/h3-4,7-8,10H,5-6,9H2,1-2H3,(H,22,27). The van der Waals surface area contributed by atoms with Crippen LogP contribution in [-0.2, 0) is 17.9 Å². The van der Waals surface area contributed by atoms with Crippen LogP contribution in [0.2, 0.25) is 10.0 Å². The van der Waals surface area contributed by atoms with Crippen molar-refractivity contribution in [3.63, 3.8) is 0 Å². The van der Waals surface area contributed by atoms with Crippen LogP contribution in [0.3, 0.4) is 0 Å². The summed E-state index contributed by atoms with van der Waals surface area (Å²) in [6, 6.07) is 5.27. The van der Waals surface area contributed by atoms with Gasteiger partial charge >= 0.3 is 5.69 Å². The summed E-state index contributed by atoms with van der Waals surface area (Å²) >= 11 is 12.2. The minimum Gasteiger partial charge on any atom is -0.323 e. The van der Waals surface area contributed by atoms with Gasteiger partial charge in [0, 0.05) is 23.0 Å². The Morgan fingerprint density at radius 3 is 2.72 bits per heavy atom. The van der Waals surface area contributed by atoms with Crippen LogP contribution in [-0.4, -0.2) is 30.4 Å². The molecule has 2 heterocycles. The third-order valence-corrected chi connectivity index (χ3v) is 4.97. The van der Waals surface area contributed by atoms with Crippen LogP contribution in [0.25, 0.3) is 0 Å². The van der Waals surface area contributed by atoms with Crippen molar-refractivity contribution in [1.82, 2.24) is 19.6 Å². The molecule has 0 aliphatic carbocycles. The minimum absolute atomic E-state index is 0.112. The van der Waals surface area contributed by atoms with Crippen molar-refractivity contribution >= 4 is 40.5 Å². The van der Waals surface area contributed by atoms with E-state index >= 15 is 0 Å². The normalized spacial score (nSPS) is 10.9. The van der Waals surface area contributed by atoms with E-state index in [1.807, 2.05) is 13.0 Å².